The summed E-state index contributed by atoms with van der Waals surface area (Å²) in [4.78, 5) is 9.03. The van der Waals surface area contributed by atoms with Gasteiger partial charge in [0.05, 0.1) is 11.7 Å². The molecule has 1 unspecified atom stereocenters. The molecule has 0 radical (unpaired) electrons. The van der Waals surface area contributed by atoms with Gasteiger partial charge in [-0.3, -0.25) is 0 Å². The van der Waals surface area contributed by atoms with Crippen molar-refractivity contribution < 1.29 is 4.52 Å². The summed E-state index contributed by atoms with van der Waals surface area (Å²) in [6.45, 7) is 5.09. The average molecular weight is 578 g/mol. The third kappa shape index (κ3) is 6.55. The van der Waals surface area contributed by atoms with Gasteiger partial charge in [0.15, 0.2) is 5.96 Å². The van der Waals surface area contributed by atoms with Crippen LogP contribution in [0.2, 0.25) is 5.02 Å². The van der Waals surface area contributed by atoms with Gasteiger partial charge in [-0.2, -0.15) is 10.1 Å². The molecule has 0 aliphatic rings. The highest BCUT2D eigenvalue weighted by Crippen LogP contribution is 2.19. The molecule has 33 heavy (non-hydrogen) atoms. The Hall–Kier alpha value is -2.92. The lowest BCUT2D eigenvalue weighted by atomic mass is 10.1. The zero-order chi connectivity index (χ0) is 22.3. The fourth-order valence-electron chi connectivity index (χ4n) is 3.15. The molecule has 2 N–H and O–H groups in total. The minimum absolute atomic E-state index is 0. The maximum Gasteiger partial charge on any atom is 0.248 e. The zero-order valence-electron chi connectivity index (χ0n) is 18.3. The Morgan fingerprint density at radius 2 is 2.00 bits per heavy atom. The van der Waals surface area contributed by atoms with Crippen LogP contribution in [0.25, 0.3) is 17.1 Å². The van der Waals surface area contributed by atoms with Crippen LogP contribution < -0.4 is 10.6 Å². The SMILES string of the molecule is CCNC(=NCc1nc(-c2ccc(Cl)cc2)no1)NC(C)c1cccc(-n2cccn2)c1.I. The van der Waals surface area contributed by atoms with E-state index in [9.17, 15) is 0 Å². The van der Waals surface area contributed by atoms with Crippen molar-refractivity contribution in [2.24, 2.45) is 4.99 Å². The zero-order valence-corrected chi connectivity index (χ0v) is 21.4. The number of hydrogen-bond donors (Lipinski definition) is 2. The predicted molar refractivity (Wildman–Crippen MR) is 140 cm³/mol. The summed E-state index contributed by atoms with van der Waals surface area (Å²) in [6.07, 6.45) is 3.69. The third-order valence-electron chi connectivity index (χ3n) is 4.78. The molecule has 0 bridgehead atoms. The molecular weight excluding hydrogens is 553 g/mol. The molecule has 0 saturated heterocycles. The van der Waals surface area contributed by atoms with Gasteiger partial charge in [-0.05, 0) is 61.9 Å². The number of halogens is 2. The number of nitrogens with one attached hydrogen (secondary N) is 2. The lowest BCUT2D eigenvalue weighted by molar-refractivity contribution is 0.380. The van der Waals surface area contributed by atoms with E-state index in [-0.39, 0.29) is 36.6 Å². The fourth-order valence-corrected chi connectivity index (χ4v) is 3.27. The summed E-state index contributed by atoms with van der Waals surface area (Å²) < 4.78 is 7.19. The molecule has 10 heteroatoms. The van der Waals surface area contributed by atoms with Crippen LogP contribution in [0.5, 0.6) is 0 Å². The molecule has 0 aliphatic heterocycles. The van der Waals surface area contributed by atoms with Gasteiger partial charge < -0.3 is 15.2 Å². The second-order valence-corrected chi connectivity index (χ2v) is 7.56. The molecule has 4 rings (SSSR count). The minimum atomic E-state index is 0. The van der Waals surface area contributed by atoms with Crippen molar-refractivity contribution in [2.45, 2.75) is 26.4 Å². The maximum atomic E-state index is 5.94. The first-order valence-electron chi connectivity index (χ1n) is 10.4. The standard InChI is InChI=1S/C23H24ClN7O.HI/c1-3-25-23(26-15-21-29-22(30-32-21)17-8-10-19(24)11-9-17)28-16(2)18-6-4-7-20(14-18)31-13-5-12-27-31;/h4-14,16H,3,15H2,1-2H3,(H2,25,26,28);1H. The van der Waals surface area contributed by atoms with Crippen LogP contribution in [0.4, 0.5) is 0 Å². The van der Waals surface area contributed by atoms with E-state index >= 15 is 0 Å². The van der Waals surface area contributed by atoms with Crippen molar-refractivity contribution in [2.75, 3.05) is 6.54 Å². The quantitative estimate of drug-likeness (QED) is 0.182. The highest BCUT2D eigenvalue weighted by atomic mass is 127. The van der Waals surface area contributed by atoms with E-state index in [0.717, 1.165) is 23.4 Å². The minimum Gasteiger partial charge on any atom is -0.357 e. The van der Waals surface area contributed by atoms with Gasteiger partial charge in [-0.15, -0.1) is 24.0 Å². The van der Waals surface area contributed by atoms with Gasteiger partial charge in [-0.25, -0.2) is 9.67 Å². The van der Waals surface area contributed by atoms with Crippen molar-refractivity contribution >= 4 is 41.5 Å². The van der Waals surface area contributed by atoms with Gasteiger partial charge in [0, 0.05) is 29.5 Å². The lowest BCUT2D eigenvalue weighted by Crippen LogP contribution is -2.38. The molecule has 2 aromatic heterocycles. The Labute approximate surface area is 214 Å². The molecule has 0 fully saturated rings. The average Bonchev–Trinajstić information content (AvgIpc) is 3.51. The van der Waals surface area contributed by atoms with Gasteiger partial charge >= 0.3 is 0 Å². The number of hydrogen-bond acceptors (Lipinski definition) is 5. The number of nitrogens with zero attached hydrogens (tertiary/aromatic N) is 5. The first-order valence-corrected chi connectivity index (χ1v) is 10.7. The molecule has 0 aliphatic carbocycles. The molecule has 2 heterocycles. The van der Waals surface area contributed by atoms with Crippen LogP contribution in [-0.2, 0) is 6.54 Å². The van der Waals surface area contributed by atoms with Crippen LogP contribution in [0.1, 0.15) is 31.3 Å². The number of benzene rings is 2. The Kier molecular flexibility index (Phi) is 8.84. The van der Waals surface area contributed by atoms with Crippen LogP contribution >= 0.6 is 35.6 Å². The normalized spacial score (nSPS) is 12.2. The maximum absolute atomic E-state index is 5.94. The lowest BCUT2D eigenvalue weighted by Gasteiger charge is -2.18. The van der Waals surface area contributed by atoms with Crippen molar-refractivity contribution in [1.29, 1.82) is 0 Å². The van der Waals surface area contributed by atoms with Crippen molar-refractivity contribution in [3.05, 3.63) is 83.5 Å². The molecule has 2 aromatic carbocycles. The monoisotopic (exact) mass is 577 g/mol. The second-order valence-electron chi connectivity index (χ2n) is 7.13. The van der Waals surface area contributed by atoms with E-state index in [1.165, 1.54) is 0 Å². The van der Waals surface area contributed by atoms with E-state index in [4.69, 9.17) is 16.1 Å². The molecular formula is C23H25ClIN7O. The van der Waals surface area contributed by atoms with Crippen LogP contribution in [-0.4, -0.2) is 32.4 Å². The highest BCUT2D eigenvalue weighted by Gasteiger charge is 2.11. The van der Waals surface area contributed by atoms with Crippen LogP contribution in [0, 0.1) is 0 Å². The third-order valence-corrected chi connectivity index (χ3v) is 5.03. The summed E-state index contributed by atoms with van der Waals surface area (Å²) in [5, 5.41) is 15.7. The molecule has 1 atom stereocenters. The number of aromatic nitrogens is 4. The van der Waals surface area contributed by atoms with Gasteiger partial charge in [0.25, 0.3) is 0 Å². The first kappa shape index (κ1) is 24.7. The molecule has 0 spiro atoms. The van der Waals surface area contributed by atoms with E-state index in [1.54, 1.807) is 18.3 Å². The van der Waals surface area contributed by atoms with Crippen molar-refractivity contribution in [3.63, 3.8) is 0 Å². The van der Waals surface area contributed by atoms with Gasteiger partial charge in [-0.1, -0.05) is 28.9 Å². The number of rotatable bonds is 7. The second kappa shape index (κ2) is 11.8. The van der Waals surface area contributed by atoms with E-state index in [0.29, 0.717) is 22.7 Å². The van der Waals surface area contributed by atoms with Gasteiger partial charge in [0.1, 0.15) is 6.54 Å². The molecule has 172 valence electrons. The summed E-state index contributed by atoms with van der Waals surface area (Å²) in [5.41, 5.74) is 2.96. The Balaban J connectivity index is 0.00000306. The van der Waals surface area contributed by atoms with Crippen LogP contribution in [0.15, 0.2) is 76.5 Å². The molecule has 0 saturated carbocycles. The first-order chi connectivity index (χ1) is 15.6. The summed E-state index contributed by atoms with van der Waals surface area (Å²) in [7, 11) is 0. The Bertz CT molecular complexity index is 1180. The largest absolute Gasteiger partial charge is 0.357 e. The van der Waals surface area contributed by atoms with E-state index in [1.807, 2.05) is 48.1 Å². The summed E-state index contributed by atoms with van der Waals surface area (Å²) >= 11 is 5.94. The topological polar surface area (TPSA) is 93.2 Å². The smallest absolute Gasteiger partial charge is 0.248 e. The fraction of sp³-hybridized carbons (Fsp3) is 0.217. The highest BCUT2D eigenvalue weighted by molar-refractivity contribution is 14.0. The number of guanidine groups is 1. The number of aliphatic imine (C=N–C) groups is 1. The van der Waals surface area contributed by atoms with Crippen LogP contribution in [0.3, 0.4) is 0 Å². The summed E-state index contributed by atoms with van der Waals surface area (Å²) in [5.74, 6) is 1.60. The molecule has 0 amide bonds. The summed E-state index contributed by atoms with van der Waals surface area (Å²) in [6, 6.07) is 17.4. The van der Waals surface area contributed by atoms with Crippen molar-refractivity contribution in [3.8, 4) is 17.1 Å². The van der Waals surface area contributed by atoms with E-state index < -0.39 is 0 Å². The molecule has 8 nitrogen and oxygen atoms in total. The van der Waals surface area contributed by atoms with Crippen molar-refractivity contribution in [1.82, 2.24) is 30.6 Å². The predicted octanol–water partition coefficient (Wildman–Crippen LogP) is 5.01. The van der Waals surface area contributed by atoms with E-state index in [2.05, 4.69) is 49.9 Å². The Morgan fingerprint density at radius 3 is 2.73 bits per heavy atom. The molecule has 4 aromatic rings. The Morgan fingerprint density at radius 1 is 1.18 bits per heavy atom. The van der Waals surface area contributed by atoms with Gasteiger partial charge in [0.2, 0.25) is 11.7 Å².